The molecule has 0 aliphatic carbocycles. The first kappa shape index (κ1) is 18.8. The third-order valence-electron chi connectivity index (χ3n) is 3.71. The molecular formula is C18H20N6O2S. The van der Waals surface area contributed by atoms with Crippen molar-refractivity contribution in [3.63, 3.8) is 0 Å². The number of rotatable bonds is 6. The molecule has 3 aromatic rings. The van der Waals surface area contributed by atoms with Crippen LogP contribution >= 0.6 is 11.8 Å². The molecule has 0 radical (unpaired) electrons. The van der Waals surface area contributed by atoms with Gasteiger partial charge in [0.05, 0.1) is 0 Å². The number of carbonyl (C=O) groups is 2. The van der Waals surface area contributed by atoms with Crippen molar-refractivity contribution in [3.05, 3.63) is 53.3 Å². The number of amides is 3. The minimum atomic E-state index is -0.505. The van der Waals surface area contributed by atoms with Gasteiger partial charge in [-0.05, 0) is 25.5 Å². The van der Waals surface area contributed by atoms with Crippen LogP contribution in [0, 0.1) is 13.8 Å². The second-order valence-corrected chi connectivity index (χ2v) is 7.02. The van der Waals surface area contributed by atoms with Crippen molar-refractivity contribution in [2.45, 2.75) is 32.0 Å². The number of fused-ring (bicyclic) bond motifs is 1. The number of carbonyl (C=O) groups excluding carboxylic acids is 2. The number of nitrogens with zero attached hydrogens (tertiary/aromatic N) is 4. The summed E-state index contributed by atoms with van der Waals surface area (Å²) in [5.74, 6) is 0.661. The largest absolute Gasteiger partial charge is 0.334 e. The molecule has 9 heteroatoms. The molecule has 27 heavy (non-hydrogen) atoms. The van der Waals surface area contributed by atoms with Crippen molar-refractivity contribution in [1.82, 2.24) is 30.2 Å². The number of aromatic nitrogens is 4. The van der Waals surface area contributed by atoms with Crippen LogP contribution in [0.2, 0.25) is 0 Å². The van der Waals surface area contributed by atoms with E-state index >= 15 is 0 Å². The predicted molar refractivity (Wildman–Crippen MR) is 102 cm³/mol. The molecular weight excluding hydrogens is 364 g/mol. The summed E-state index contributed by atoms with van der Waals surface area (Å²) in [7, 11) is 0. The predicted octanol–water partition coefficient (Wildman–Crippen LogP) is 2.25. The SMILES string of the molecule is Cc1cc(C)n2nc(SCCC(=O)NC(=O)NCc3ccccc3)nc2n1. The zero-order valence-corrected chi connectivity index (χ0v) is 15.9. The Bertz CT molecular complexity index is 957. The molecule has 0 fully saturated rings. The third kappa shape index (κ3) is 5.27. The topological polar surface area (TPSA) is 101 Å². The van der Waals surface area contributed by atoms with Crippen LogP contribution in [0.5, 0.6) is 0 Å². The first-order valence-corrected chi connectivity index (χ1v) is 9.45. The Morgan fingerprint density at radius 3 is 2.70 bits per heavy atom. The van der Waals surface area contributed by atoms with E-state index in [1.54, 1.807) is 4.52 Å². The van der Waals surface area contributed by atoms with Crippen LogP contribution in [0.15, 0.2) is 41.6 Å². The smallest absolute Gasteiger partial charge is 0.321 e. The lowest BCUT2D eigenvalue weighted by molar-refractivity contribution is -0.119. The summed E-state index contributed by atoms with van der Waals surface area (Å²) < 4.78 is 1.67. The van der Waals surface area contributed by atoms with Crippen LogP contribution in [0.25, 0.3) is 5.78 Å². The molecule has 0 aliphatic rings. The first-order valence-electron chi connectivity index (χ1n) is 8.46. The van der Waals surface area contributed by atoms with E-state index < -0.39 is 6.03 Å². The van der Waals surface area contributed by atoms with Crippen molar-refractivity contribution in [2.24, 2.45) is 0 Å². The van der Waals surface area contributed by atoms with Crippen LogP contribution in [0.4, 0.5) is 4.79 Å². The maximum Gasteiger partial charge on any atom is 0.321 e. The number of hydrogen-bond acceptors (Lipinski definition) is 6. The summed E-state index contributed by atoms with van der Waals surface area (Å²) in [5.41, 5.74) is 2.79. The fraction of sp³-hybridized carbons (Fsp3) is 0.278. The van der Waals surface area contributed by atoms with E-state index in [1.165, 1.54) is 11.8 Å². The van der Waals surface area contributed by atoms with E-state index in [4.69, 9.17) is 0 Å². The van der Waals surface area contributed by atoms with Gasteiger partial charge in [-0.25, -0.2) is 14.3 Å². The minimum Gasteiger partial charge on any atom is -0.334 e. The monoisotopic (exact) mass is 384 g/mol. The molecule has 3 amide bonds. The van der Waals surface area contributed by atoms with Crippen molar-refractivity contribution >= 4 is 29.5 Å². The second kappa shape index (κ2) is 8.63. The molecule has 1 aromatic carbocycles. The van der Waals surface area contributed by atoms with Gasteiger partial charge >= 0.3 is 6.03 Å². The number of benzene rings is 1. The normalized spacial score (nSPS) is 10.7. The van der Waals surface area contributed by atoms with Crippen LogP contribution < -0.4 is 10.6 Å². The molecule has 2 heterocycles. The summed E-state index contributed by atoms with van der Waals surface area (Å²) >= 11 is 1.35. The summed E-state index contributed by atoms with van der Waals surface area (Å²) in [5, 5.41) is 9.89. The molecule has 0 aliphatic heterocycles. The number of aryl methyl sites for hydroxylation is 2. The van der Waals surface area contributed by atoms with Gasteiger partial charge in [-0.3, -0.25) is 10.1 Å². The summed E-state index contributed by atoms with van der Waals surface area (Å²) in [6, 6.07) is 10.9. The zero-order valence-electron chi connectivity index (χ0n) is 15.1. The molecule has 8 nitrogen and oxygen atoms in total. The van der Waals surface area contributed by atoms with E-state index in [0.717, 1.165) is 17.0 Å². The number of imide groups is 1. The van der Waals surface area contributed by atoms with Crippen molar-refractivity contribution in [1.29, 1.82) is 0 Å². The maximum absolute atomic E-state index is 11.9. The first-order chi connectivity index (χ1) is 13.0. The van der Waals surface area contributed by atoms with E-state index in [-0.39, 0.29) is 12.3 Å². The van der Waals surface area contributed by atoms with Crippen LogP contribution in [0.1, 0.15) is 23.4 Å². The van der Waals surface area contributed by atoms with E-state index in [9.17, 15) is 9.59 Å². The summed E-state index contributed by atoms with van der Waals surface area (Å²) in [4.78, 5) is 32.3. The van der Waals surface area contributed by atoms with Crippen molar-refractivity contribution in [3.8, 4) is 0 Å². The van der Waals surface area contributed by atoms with Crippen molar-refractivity contribution < 1.29 is 9.59 Å². The lowest BCUT2D eigenvalue weighted by Gasteiger charge is -2.06. The highest BCUT2D eigenvalue weighted by Crippen LogP contribution is 2.16. The zero-order chi connectivity index (χ0) is 19.2. The highest BCUT2D eigenvalue weighted by atomic mass is 32.2. The molecule has 0 saturated carbocycles. The van der Waals surface area contributed by atoms with Gasteiger partial charge in [0.15, 0.2) is 0 Å². The van der Waals surface area contributed by atoms with Crippen LogP contribution in [-0.2, 0) is 11.3 Å². The molecule has 0 saturated heterocycles. The lowest BCUT2D eigenvalue weighted by atomic mass is 10.2. The number of hydrogen-bond donors (Lipinski definition) is 2. The quantitative estimate of drug-likeness (QED) is 0.632. The Labute approximate surface area is 160 Å². The van der Waals surface area contributed by atoms with Gasteiger partial charge in [-0.1, -0.05) is 42.1 Å². The van der Waals surface area contributed by atoms with Gasteiger partial charge in [-0.2, -0.15) is 4.98 Å². The number of urea groups is 1. The molecule has 2 aromatic heterocycles. The Hall–Kier alpha value is -2.94. The lowest BCUT2D eigenvalue weighted by Crippen LogP contribution is -2.39. The molecule has 2 N–H and O–H groups in total. The fourth-order valence-corrected chi connectivity index (χ4v) is 3.21. The van der Waals surface area contributed by atoms with Crippen LogP contribution in [-0.4, -0.2) is 37.3 Å². The standard InChI is InChI=1S/C18H20N6O2S/c1-12-10-13(2)24-16(20-12)22-18(23-24)27-9-8-15(25)21-17(26)19-11-14-6-4-3-5-7-14/h3-7,10H,8-9,11H2,1-2H3,(H2,19,21,25,26). The number of thioether (sulfide) groups is 1. The Balaban J connectivity index is 1.43. The molecule has 0 atom stereocenters. The molecule has 0 spiro atoms. The van der Waals surface area contributed by atoms with E-state index in [1.807, 2.05) is 50.2 Å². The molecule has 0 bridgehead atoms. The Morgan fingerprint density at radius 1 is 1.15 bits per heavy atom. The van der Waals surface area contributed by atoms with Gasteiger partial charge in [0.2, 0.25) is 11.1 Å². The maximum atomic E-state index is 11.9. The Kier molecular flexibility index (Phi) is 6.02. The summed E-state index contributed by atoms with van der Waals surface area (Å²) in [6.07, 6.45) is 0.185. The fourth-order valence-electron chi connectivity index (χ4n) is 2.46. The number of nitrogens with one attached hydrogen (secondary N) is 2. The van der Waals surface area contributed by atoms with Gasteiger partial charge in [0, 0.05) is 30.1 Å². The third-order valence-corrected chi connectivity index (χ3v) is 4.55. The Morgan fingerprint density at radius 2 is 1.93 bits per heavy atom. The molecule has 3 rings (SSSR count). The summed E-state index contributed by atoms with van der Waals surface area (Å²) in [6.45, 7) is 4.21. The van der Waals surface area contributed by atoms with Crippen molar-refractivity contribution in [2.75, 3.05) is 5.75 Å². The van der Waals surface area contributed by atoms with Gasteiger partial charge in [0.25, 0.3) is 5.78 Å². The molecule has 140 valence electrons. The van der Waals surface area contributed by atoms with E-state index in [0.29, 0.717) is 23.2 Å². The highest BCUT2D eigenvalue weighted by molar-refractivity contribution is 7.99. The van der Waals surface area contributed by atoms with Gasteiger partial charge < -0.3 is 5.32 Å². The average Bonchev–Trinajstić information content (AvgIpc) is 3.04. The average molecular weight is 384 g/mol. The molecule has 0 unspecified atom stereocenters. The second-order valence-electron chi connectivity index (χ2n) is 5.96. The van der Waals surface area contributed by atoms with Crippen LogP contribution in [0.3, 0.4) is 0 Å². The van der Waals surface area contributed by atoms with Gasteiger partial charge in [0.1, 0.15) is 0 Å². The van der Waals surface area contributed by atoms with E-state index in [2.05, 4.69) is 25.7 Å². The highest BCUT2D eigenvalue weighted by Gasteiger charge is 2.11. The minimum absolute atomic E-state index is 0.185. The van der Waals surface area contributed by atoms with Gasteiger partial charge in [-0.15, -0.1) is 5.10 Å².